The van der Waals surface area contributed by atoms with Crippen LogP contribution in [-0.4, -0.2) is 39.3 Å². The lowest BCUT2D eigenvalue weighted by Gasteiger charge is -2.05. The van der Waals surface area contributed by atoms with Crippen molar-refractivity contribution in [1.82, 2.24) is 15.0 Å². The van der Waals surface area contributed by atoms with Crippen molar-refractivity contribution in [2.75, 3.05) is 13.2 Å². The molecule has 0 radical (unpaired) electrons. The van der Waals surface area contributed by atoms with Crippen LogP contribution in [-0.2, 0) is 11.3 Å². The first-order chi connectivity index (χ1) is 9.24. The van der Waals surface area contributed by atoms with Gasteiger partial charge in [0.1, 0.15) is 5.69 Å². The van der Waals surface area contributed by atoms with Crippen LogP contribution in [0.15, 0.2) is 17.5 Å². The maximum atomic E-state index is 11.2. The van der Waals surface area contributed by atoms with Gasteiger partial charge in [0, 0.05) is 19.8 Å². The van der Waals surface area contributed by atoms with Gasteiger partial charge >= 0.3 is 5.97 Å². The molecule has 0 saturated heterocycles. The van der Waals surface area contributed by atoms with E-state index in [0.717, 1.165) is 11.3 Å². The van der Waals surface area contributed by atoms with Gasteiger partial charge in [0.25, 0.3) is 0 Å². The zero-order valence-corrected chi connectivity index (χ0v) is 11.4. The van der Waals surface area contributed by atoms with Crippen molar-refractivity contribution in [3.8, 4) is 10.6 Å². The van der Waals surface area contributed by atoms with E-state index in [-0.39, 0.29) is 5.69 Å². The topological polar surface area (TPSA) is 77.2 Å². The first kappa shape index (κ1) is 13.7. The summed E-state index contributed by atoms with van der Waals surface area (Å²) in [7, 11) is 0. The number of nitrogens with zero attached hydrogens (tertiary/aromatic N) is 3. The first-order valence-corrected chi connectivity index (χ1v) is 6.90. The summed E-state index contributed by atoms with van der Waals surface area (Å²) in [6, 6.07) is 3.75. The third kappa shape index (κ3) is 3.18. The molecule has 0 unspecified atom stereocenters. The quantitative estimate of drug-likeness (QED) is 0.787. The molecule has 0 spiro atoms. The summed E-state index contributed by atoms with van der Waals surface area (Å²) >= 11 is 1.47. The molecule has 2 aromatic rings. The number of aryl methyl sites for hydroxylation is 1. The molecule has 2 rings (SSSR count). The van der Waals surface area contributed by atoms with Crippen LogP contribution in [0.4, 0.5) is 0 Å². The highest BCUT2D eigenvalue weighted by atomic mass is 32.1. The maximum Gasteiger partial charge on any atom is 0.358 e. The molecule has 19 heavy (non-hydrogen) atoms. The summed E-state index contributed by atoms with van der Waals surface area (Å²) in [5.74, 6) is -1.06. The van der Waals surface area contributed by atoms with Crippen LogP contribution in [0.2, 0.25) is 0 Å². The van der Waals surface area contributed by atoms with E-state index in [1.165, 1.54) is 11.3 Å². The Balaban J connectivity index is 2.21. The van der Waals surface area contributed by atoms with Gasteiger partial charge in [-0.15, -0.1) is 16.4 Å². The molecule has 6 nitrogen and oxygen atoms in total. The molecule has 0 atom stereocenters. The third-order valence-electron chi connectivity index (χ3n) is 2.55. The summed E-state index contributed by atoms with van der Waals surface area (Å²) in [4.78, 5) is 12.0. The predicted octanol–water partition coefficient (Wildman–Crippen LogP) is 2.13. The largest absolute Gasteiger partial charge is 0.476 e. The number of carboxylic acid groups (broad SMARTS) is 1. The molecule has 2 heterocycles. The minimum absolute atomic E-state index is 0.00106. The van der Waals surface area contributed by atoms with Gasteiger partial charge in [0.05, 0.1) is 4.88 Å². The molecule has 0 aromatic carbocycles. The van der Waals surface area contributed by atoms with Gasteiger partial charge in [-0.25, -0.2) is 9.48 Å². The molecule has 1 N–H and O–H groups in total. The van der Waals surface area contributed by atoms with Crippen LogP contribution in [0, 0.1) is 0 Å². The van der Waals surface area contributed by atoms with Gasteiger partial charge in [0.15, 0.2) is 5.69 Å². The van der Waals surface area contributed by atoms with E-state index in [1.54, 1.807) is 4.68 Å². The summed E-state index contributed by atoms with van der Waals surface area (Å²) in [5, 5.41) is 18.7. The van der Waals surface area contributed by atoms with Crippen LogP contribution < -0.4 is 0 Å². The van der Waals surface area contributed by atoms with Gasteiger partial charge in [0.2, 0.25) is 0 Å². The van der Waals surface area contributed by atoms with Crippen LogP contribution >= 0.6 is 11.3 Å². The van der Waals surface area contributed by atoms with E-state index in [9.17, 15) is 4.79 Å². The molecular formula is C12H15N3O3S. The van der Waals surface area contributed by atoms with Gasteiger partial charge < -0.3 is 9.84 Å². The summed E-state index contributed by atoms with van der Waals surface area (Å²) in [5.41, 5.74) is 0.567. The molecule has 0 amide bonds. The number of carboxylic acids is 1. The van der Waals surface area contributed by atoms with Crippen LogP contribution in [0.3, 0.4) is 0 Å². The molecule has 7 heteroatoms. The maximum absolute atomic E-state index is 11.2. The molecule has 0 aliphatic carbocycles. The van der Waals surface area contributed by atoms with Crippen LogP contribution in [0.25, 0.3) is 10.6 Å². The lowest BCUT2D eigenvalue weighted by atomic mass is 10.2. The molecular weight excluding hydrogens is 266 g/mol. The van der Waals surface area contributed by atoms with E-state index in [0.29, 0.717) is 25.5 Å². The summed E-state index contributed by atoms with van der Waals surface area (Å²) in [6.45, 7) is 3.83. The molecule has 0 fully saturated rings. The van der Waals surface area contributed by atoms with Crippen molar-refractivity contribution in [2.45, 2.75) is 19.9 Å². The Bertz CT molecular complexity index is 536. The first-order valence-electron chi connectivity index (χ1n) is 6.02. The number of ether oxygens (including phenoxy) is 1. The number of aromatic carboxylic acids is 1. The SMILES string of the molecule is CCOCCCn1nnc(C(=O)O)c1-c1cccs1. The Labute approximate surface area is 114 Å². The Morgan fingerprint density at radius 3 is 3.05 bits per heavy atom. The van der Waals surface area contributed by atoms with Gasteiger partial charge in [-0.2, -0.15) is 0 Å². The predicted molar refractivity (Wildman–Crippen MR) is 71.4 cm³/mol. The van der Waals surface area contributed by atoms with E-state index >= 15 is 0 Å². The van der Waals surface area contributed by atoms with Crippen molar-refractivity contribution in [3.63, 3.8) is 0 Å². The second kappa shape index (κ2) is 6.44. The molecule has 2 aromatic heterocycles. The van der Waals surface area contributed by atoms with Crippen molar-refractivity contribution in [2.24, 2.45) is 0 Å². The fourth-order valence-corrected chi connectivity index (χ4v) is 2.51. The Morgan fingerprint density at radius 2 is 2.42 bits per heavy atom. The Hall–Kier alpha value is -1.73. The zero-order valence-electron chi connectivity index (χ0n) is 10.6. The second-order valence-electron chi connectivity index (χ2n) is 3.84. The number of hydrogen-bond acceptors (Lipinski definition) is 5. The van der Waals surface area contributed by atoms with Crippen molar-refractivity contribution >= 4 is 17.3 Å². The Kier molecular flexibility index (Phi) is 4.64. The lowest BCUT2D eigenvalue weighted by molar-refractivity contribution is 0.0691. The smallest absolute Gasteiger partial charge is 0.358 e. The lowest BCUT2D eigenvalue weighted by Crippen LogP contribution is -2.07. The minimum atomic E-state index is -1.06. The molecule has 0 aliphatic rings. The highest BCUT2D eigenvalue weighted by Gasteiger charge is 2.20. The van der Waals surface area contributed by atoms with E-state index in [1.807, 2.05) is 24.4 Å². The summed E-state index contributed by atoms with van der Waals surface area (Å²) < 4.78 is 6.90. The summed E-state index contributed by atoms with van der Waals surface area (Å²) in [6.07, 6.45) is 0.772. The van der Waals surface area contributed by atoms with Gasteiger partial charge in [-0.1, -0.05) is 11.3 Å². The normalized spacial score (nSPS) is 10.8. The number of hydrogen-bond donors (Lipinski definition) is 1. The van der Waals surface area contributed by atoms with E-state index in [4.69, 9.17) is 9.84 Å². The Morgan fingerprint density at radius 1 is 1.58 bits per heavy atom. The zero-order chi connectivity index (χ0) is 13.7. The number of thiophene rings is 1. The molecule has 102 valence electrons. The van der Waals surface area contributed by atoms with Crippen molar-refractivity contribution in [1.29, 1.82) is 0 Å². The highest BCUT2D eigenvalue weighted by Crippen LogP contribution is 2.27. The van der Waals surface area contributed by atoms with Gasteiger partial charge in [-0.3, -0.25) is 0 Å². The van der Waals surface area contributed by atoms with E-state index in [2.05, 4.69) is 10.3 Å². The highest BCUT2D eigenvalue weighted by molar-refractivity contribution is 7.13. The number of aromatic nitrogens is 3. The van der Waals surface area contributed by atoms with Crippen molar-refractivity contribution in [3.05, 3.63) is 23.2 Å². The fraction of sp³-hybridized carbons (Fsp3) is 0.417. The number of rotatable bonds is 7. The third-order valence-corrected chi connectivity index (χ3v) is 3.43. The van der Waals surface area contributed by atoms with Crippen molar-refractivity contribution < 1.29 is 14.6 Å². The number of carbonyl (C=O) groups is 1. The molecule has 0 saturated carbocycles. The minimum Gasteiger partial charge on any atom is -0.476 e. The average Bonchev–Trinajstić information content (AvgIpc) is 3.02. The molecule has 0 bridgehead atoms. The van der Waals surface area contributed by atoms with E-state index < -0.39 is 5.97 Å². The fourth-order valence-electron chi connectivity index (χ4n) is 1.73. The van der Waals surface area contributed by atoms with Gasteiger partial charge in [-0.05, 0) is 24.8 Å². The standard InChI is InChI=1S/C12H15N3O3S/c1-2-18-7-4-6-15-11(9-5-3-8-19-9)10(12(16)17)13-14-15/h3,5,8H,2,4,6-7H2,1H3,(H,16,17). The monoisotopic (exact) mass is 281 g/mol. The average molecular weight is 281 g/mol. The molecule has 0 aliphatic heterocycles. The van der Waals surface area contributed by atoms with Crippen LogP contribution in [0.1, 0.15) is 23.8 Å². The van der Waals surface area contributed by atoms with Crippen LogP contribution in [0.5, 0.6) is 0 Å². The second-order valence-corrected chi connectivity index (χ2v) is 4.79.